The standard InChI is InChI=1S/C14H12BrFO/c1-9-10(8-17)4-2-5-11(9)12-6-3-7-13(15)14(12)16/h2-7,17H,8H2,1H3. The van der Waals surface area contributed by atoms with Crippen molar-refractivity contribution < 1.29 is 9.50 Å². The van der Waals surface area contributed by atoms with E-state index in [1.165, 1.54) is 0 Å². The Labute approximate surface area is 108 Å². The lowest BCUT2D eigenvalue weighted by atomic mass is 9.96. The van der Waals surface area contributed by atoms with Crippen molar-refractivity contribution in [1.29, 1.82) is 0 Å². The van der Waals surface area contributed by atoms with Crippen LogP contribution in [0.25, 0.3) is 11.1 Å². The van der Waals surface area contributed by atoms with E-state index in [0.717, 1.165) is 16.7 Å². The number of halogens is 2. The number of hydrogen-bond donors (Lipinski definition) is 1. The van der Waals surface area contributed by atoms with Gasteiger partial charge in [-0.15, -0.1) is 0 Å². The molecule has 0 saturated heterocycles. The predicted octanol–water partition coefficient (Wildman–Crippen LogP) is 4.06. The van der Waals surface area contributed by atoms with Crippen LogP contribution >= 0.6 is 15.9 Å². The molecule has 0 fully saturated rings. The third kappa shape index (κ3) is 2.26. The lowest BCUT2D eigenvalue weighted by Gasteiger charge is -2.11. The highest BCUT2D eigenvalue weighted by atomic mass is 79.9. The van der Waals surface area contributed by atoms with Crippen LogP contribution in [0.1, 0.15) is 11.1 Å². The van der Waals surface area contributed by atoms with E-state index in [1.54, 1.807) is 18.2 Å². The summed E-state index contributed by atoms with van der Waals surface area (Å²) in [5.41, 5.74) is 3.09. The van der Waals surface area contributed by atoms with Gasteiger partial charge < -0.3 is 5.11 Å². The smallest absolute Gasteiger partial charge is 0.145 e. The minimum absolute atomic E-state index is 0.0324. The lowest BCUT2D eigenvalue weighted by molar-refractivity contribution is 0.281. The Morgan fingerprint density at radius 1 is 1.12 bits per heavy atom. The summed E-state index contributed by atoms with van der Waals surface area (Å²) in [4.78, 5) is 0. The topological polar surface area (TPSA) is 20.2 Å². The highest BCUT2D eigenvalue weighted by molar-refractivity contribution is 9.10. The SMILES string of the molecule is Cc1c(CO)cccc1-c1cccc(Br)c1F. The Balaban J connectivity index is 2.65. The summed E-state index contributed by atoms with van der Waals surface area (Å²) in [6.45, 7) is 1.86. The molecule has 1 nitrogen and oxygen atoms in total. The Morgan fingerprint density at radius 3 is 2.47 bits per heavy atom. The molecule has 0 amide bonds. The first-order chi connectivity index (χ1) is 8.15. The molecule has 2 aromatic carbocycles. The lowest BCUT2D eigenvalue weighted by Crippen LogP contribution is -1.94. The van der Waals surface area contributed by atoms with Crippen LogP contribution in [0.15, 0.2) is 40.9 Å². The van der Waals surface area contributed by atoms with E-state index in [-0.39, 0.29) is 12.4 Å². The summed E-state index contributed by atoms with van der Waals surface area (Å²) in [5, 5.41) is 9.21. The van der Waals surface area contributed by atoms with Crippen molar-refractivity contribution in [1.82, 2.24) is 0 Å². The Kier molecular flexibility index (Phi) is 3.60. The number of aliphatic hydroxyl groups is 1. The van der Waals surface area contributed by atoms with Gasteiger partial charge in [0.25, 0.3) is 0 Å². The Morgan fingerprint density at radius 2 is 1.76 bits per heavy atom. The van der Waals surface area contributed by atoms with Gasteiger partial charge in [0.2, 0.25) is 0 Å². The van der Waals surface area contributed by atoms with Gasteiger partial charge in [-0.2, -0.15) is 0 Å². The zero-order valence-electron chi connectivity index (χ0n) is 9.37. The highest BCUT2D eigenvalue weighted by Gasteiger charge is 2.11. The molecular formula is C14H12BrFO. The van der Waals surface area contributed by atoms with Gasteiger partial charge >= 0.3 is 0 Å². The van der Waals surface area contributed by atoms with Gasteiger partial charge in [0.1, 0.15) is 5.82 Å². The molecular weight excluding hydrogens is 283 g/mol. The van der Waals surface area contributed by atoms with Crippen LogP contribution < -0.4 is 0 Å². The molecule has 3 heteroatoms. The van der Waals surface area contributed by atoms with Crippen molar-refractivity contribution in [3.05, 3.63) is 57.8 Å². The van der Waals surface area contributed by atoms with E-state index < -0.39 is 0 Å². The van der Waals surface area contributed by atoms with Crippen LogP contribution in [0, 0.1) is 12.7 Å². The first-order valence-electron chi connectivity index (χ1n) is 5.29. The molecule has 2 rings (SSSR count). The van der Waals surface area contributed by atoms with Crippen LogP contribution in [-0.4, -0.2) is 5.11 Å². The average Bonchev–Trinajstić information content (AvgIpc) is 2.33. The highest BCUT2D eigenvalue weighted by Crippen LogP contribution is 2.31. The van der Waals surface area contributed by atoms with Crippen molar-refractivity contribution in [2.75, 3.05) is 0 Å². The molecule has 0 atom stereocenters. The Hall–Kier alpha value is -1.19. The molecule has 0 saturated carbocycles. The molecule has 2 aromatic rings. The molecule has 0 aliphatic heterocycles. The van der Waals surface area contributed by atoms with Crippen molar-refractivity contribution >= 4 is 15.9 Å². The molecule has 0 aliphatic rings. The summed E-state index contributed by atoms with van der Waals surface area (Å²) < 4.78 is 14.4. The Bertz CT molecular complexity index is 552. The van der Waals surface area contributed by atoms with E-state index in [1.807, 2.05) is 25.1 Å². The molecule has 0 aromatic heterocycles. The van der Waals surface area contributed by atoms with E-state index in [4.69, 9.17) is 0 Å². The maximum atomic E-state index is 14.0. The zero-order valence-corrected chi connectivity index (χ0v) is 11.0. The minimum atomic E-state index is -0.273. The predicted molar refractivity (Wildman–Crippen MR) is 70.2 cm³/mol. The number of benzene rings is 2. The summed E-state index contributed by atoms with van der Waals surface area (Å²) >= 11 is 3.18. The normalized spacial score (nSPS) is 10.6. The molecule has 17 heavy (non-hydrogen) atoms. The number of rotatable bonds is 2. The maximum Gasteiger partial charge on any atom is 0.145 e. The largest absolute Gasteiger partial charge is 0.392 e. The van der Waals surface area contributed by atoms with Gasteiger partial charge in [-0.1, -0.05) is 30.3 Å². The molecule has 0 aliphatic carbocycles. The van der Waals surface area contributed by atoms with Gasteiger partial charge in [-0.05, 0) is 45.6 Å². The summed E-state index contributed by atoms with van der Waals surface area (Å²) in [6, 6.07) is 10.7. The fourth-order valence-corrected chi connectivity index (χ4v) is 2.22. The van der Waals surface area contributed by atoms with Crippen LogP contribution in [0.2, 0.25) is 0 Å². The fraction of sp³-hybridized carbons (Fsp3) is 0.143. The molecule has 0 radical (unpaired) electrons. The van der Waals surface area contributed by atoms with Crippen molar-refractivity contribution in [3.8, 4) is 11.1 Å². The van der Waals surface area contributed by atoms with E-state index in [2.05, 4.69) is 15.9 Å². The second kappa shape index (κ2) is 4.98. The van der Waals surface area contributed by atoms with Gasteiger partial charge in [0.15, 0.2) is 0 Å². The van der Waals surface area contributed by atoms with E-state index >= 15 is 0 Å². The van der Waals surface area contributed by atoms with Gasteiger partial charge in [-0.3, -0.25) is 0 Å². The summed E-state index contributed by atoms with van der Waals surface area (Å²) in [6.07, 6.45) is 0. The zero-order chi connectivity index (χ0) is 12.4. The van der Waals surface area contributed by atoms with E-state index in [9.17, 15) is 9.50 Å². The van der Waals surface area contributed by atoms with Crippen molar-refractivity contribution in [2.45, 2.75) is 13.5 Å². The number of aliphatic hydroxyl groups excluding tert-OH is 1. The van der Waals surface area contributed by atoms with Gasteiger partial charge in [0, 0.05) is 5.56 Å². The van der Waals surface area contributed by atoms with Gasteiger partial charge in [0.05, 0.1) is 11.1 Å². The third-order valence-electron chi connectivity index (χ3n) is 2.86. The van der Waals surface area contributed by atoms with E-state index in [0.29, 0.717) is 10.0 Å². The first-order valence-corrected chi connectivity index (χ1v) is 6.08. The molecule has 0 heterocycles. The molecule has 88 valence electrons. The second-order valence-corrected chi connectivity index (χ2v) is 4.70. The third-order valence-corrected chi connectivity index (χ3v) is 3.47. The fourth-order valence-electron chi connectivity index (χ4n) is 1.86. The quantitative estimate of drug-likeness (QED) is 0.886. The maximum absolute atomic E-state index is 14.0. The molecule has 1 N–H and O–H groups in total. The average molecular weight is 295 g/mol. The van der Waals surface area contributed by atoms with Crippen molar-refractivity contribution in [3.63, 3.8) is 0 Å². The summed E-state index contributed by atoms with van der Waals surface area (Å²) in [5.74, 6) is -0.273. The van der Waals surface area contributed by atoms with Crippen LogP contribution in [0.4, 0.5) is 4.39 Å². The second-order valence-electron chi connectivity index (χ2n) is 3.85. The summed E-state index contributed by atoms with van der Waals surface area (Å²) in [7, 11) is 0. The van der Waals surface area contributed by atoms with Crippen LogP contribution in [0.3, 0.4) is 0 Å². The van der Waals surface area contributed by atoms with Crippen LogP contribution in [-0.2, 0) is 6.61 Å². The monoisotopic (exact) mass is 294 g/mol. The van der Waals surface area contributed by atoms with Gasteiger partial charge in [-0.25, -0.2) is 4.39 Å². The van der Waals surface area contributed by atoms with Crippen molar-refractivity contribution in [2.24, 2.45) is 0 Å². The minimum Gasteiger partial charge on any atom is -0.392 e. The first kappa shape index (κ1) is 12.3. The number of hydrogen-bond acceptors (Lipinski definition) is 1. The molecule has 0 unspecified atom stereocenters. The van der Waals surface area contributed by atoms with Crippen LogP contribution in [0.5, 0.6) is 0 Å². The molecule has 0 bridgehead atoms. The molecule has 0 spiro atoms.